The van der Waals surface area contributed by atoms with E-state index in [9.17, 15) is 18.5 Å². The molecule has 69 heavy (non-hydrogen) atoms. The molecule has 0 radical (unpaired) electrons. The first-order valence-electron chi connectivity index (χ1n) is 21.3. The van der Waals surface area contributed by atoms with E-state index in [0.717, 1.165) is 48.3 Å². The van der Waals surface area contributed by atoms with Crippen LogP contribution in [0.2, 0.25) is 10.0 Å². The Balaban J connectivity index is 0.000000231. The first kappa shape index (κ1) is 54.3. The van der Waals surface area contributed by atoms with E-state index < -0.39 is 22.3 Å². The van der Waals surface area contributed by atoms with Gasteiger partial charge in [0, 0.05) is 36.3 Å². The molecule has 0 amide bonds. The first-order chi connectivity index (χ1) is 32.9. The number of benzene rings is 6. The van der Waals surface area contributed by atoms with Crippen LogP contribution in [0.1, 0.15) is 90.2 Å². The van der Waals surface area contributed by atoms with Gasteiger partial charge in [-0.25, -0.2) is 19.4 Å². The summed E-state index contributed by atoms with van der Waals surface area (Å²) in [4.78, 5) is 28.7. The fraction of sp³-hybridized carbons (Fsp3) is 0.222. The van der Waals surface area contributed by atoms with Gasteiger partial charge in [-0.15, -0.1) is 0 Å². The third-order valence-corrected chi connectivity index (χ3v) is 12.0. The highest BCUT2D eigenvalue weighted by Gasteiger charge is 2.32. The smallest absolute Gasteiger partial charge is 0.264 e. The number of hydrogen-bond acceptors (Lipinski definition) is 8. The number of rotatable bonds is 9. The molecule has 0 unspecified atom stereocenters. The molecule has 1 saturated heterocycles. The maximum Gasteiger partial charge on any atom is 0.264 e. The third-order valence-electron chi connectivity index (χ3n) is 10.8. The standard InChI is InChI=1S/C26H22Cl2N4.C10H11NO3S.C9H9NO.C9H7NO/c1-18(20-6-10-23(30-2)11-7-20)31-13-14-32(25-12-3-19(16-29)15-24(25)28)26(17-31)21-4-8-22(27)9-5-21;1-8(14-15(3,12)13)9-4-6-10(11-2)7-5-9;2*1-7(11)8-3-5-9(10-2)6-4-8/h3-12,15,18,26H,13-14,17H2,1H3;4-8H,1,3H3;3-7,11H,1H3;3-6H,1H3/t18-,26+;8-;7-;/m100./s1. The van der Waals surface area contributed by atoms with Gasteiger partial charge >= 0.3 is 0 Å². The lowest BCUT2D eigenvalue weighted by atomic mass is 9.98. The molecule has 0 saturated carbocycles. The number of aliphatic hydroxyl groups is 1. The summed E-state index contributed by atoms with van der Waals surface area (Å²) in [6.07, 6.45) is 0.0337. The molecule has 0 bridgehead atoms. The van der Waals surface area contributed by atoms with Crippen molar-refractivity contribution >= 4 is 67.5 Å². The zero-order valence-corrected chi connectivity index (χ0v) is 40.9. The summed E-state index contributed by atoms with van der Waals surface area (Å²) >= 11 is 12.7. The van der Waals surface area contributed by atoms with Gasteiger partial charge < -0.3 is 10.0 Å². The van der Waals surface area contributed by atoms with E-state index in [0.29, 0.717) is 43.9 Å². The lowest BCUT2D eigenvalue weighted by Gasteiger charge is -2.45. The predicted molar refractivity (Wildman–Crippen MR) is 273 cm³/mol. The molecular formula is C54H49Cl2N7O5S. The second-order valence-corrected chi connectivity index (χ2v) is 18.1. The van der Waals surface area contributed by atoms with Crippen LogP contribution in [-0.4, -0.2) is 50.1 Å². The average Bonchev–Trinajstić information content (AvgIpc) is 3.36. The van der Waals surface area contributed by atoms with Crippen LogP contribution in [0.3, 0.4) is 0 Å². The fourth-order valence-corrected chi connectivity index (χ4v) is 8.05. The van der Waals surface area contributed by atoms with E-state index in [4.69, 9.17) is 58.8 Å². The van der Waals surface area contributed by atoms with Crippen LogP contribution in [0.25, 0.3) is 19.4 Å². The van der Waals surface area contributed by atoms with Crippen LogP contribution in [0.15, 0.2) is 140 Å². The molecule has 4 atom stereocenters. The van der Waals surface area contributed by atoms with Crippen molar-refractivity contribution in [3.8, 4) is 6.07 Å². The van der Waals surface area contributed by atoms with Crippen molar-refractivity contribution < 1.29 is 22.5 Å². The van der Waals surface area contributed by atoms with E-state index >= 15 is 0 Å². The van der Waals surface area contributed by atoms with Crippen LogP contribution >= 0.6 is 23.2 Å². The Bertz CT molecular complexity index is 2990. The van der Waals surface area contributed by atoms with Gasteiger partial charge in [0.25, 0.3) is 10.1 Å². The molecule has 350 valence electrons. The molecule has 6 aromatic rings. The van der Waals surface area contributed by atoms with Gasteiger partial charge in [-0.1, -0.05) is 132 Å². The number of hydrogen-bond donors (Lipinski definition) is 1. The van der Waals surface area contributed by atoms with Crippen LogP contribution < -0.4 is 4.90 Å². The van der Waals surface area contributed by atoms with Gasteiger partial charge in [-0.3, -0.25) is 13.9 Å². The first-order valence-corrected chi connectivity index (χ1v) is 23.9. The molecule has 1 N–H and O–H groups in total. The topological polar surface area (TPSA) is 128 Å². The summed E-state index contributed by atoms with van der Waals surface area (Å²) in [6.45, 7) is 36.8. The van der Waals surface area contributed by atoms with Crippen LogP contribution in [-0.2, 0) is 14.3 Å². The number of carbonyl (C=O) groups excluding carboxylic acids is 1. The van der Waals surface area contributed by atoms with Crippen molar-refractivity contribution in [3.05, 3.63) is 229 Å². The summed E-state index contributed by atoms with van der Waals surface area (Å²) in [5, 5.41) is 19.6. The van der Waals surface area contributed by atoms with Gasteiger partial charge in [0.05, 0.1) is 73.1 Å². The molecule has 7 rings (SSSR count). The molecular weight excluding hydrogens is 930 g/mol. The molecule has 1 aliphatic rings. The lowest BCUT2D eigenvalue weighted by Crippen LogP contribution is -2.49. The quantitative estimate of drug-likeness (QED) is 0.0862. The van der Waals surface area contributed by atoms with Crippen LogP contribution in [0.4, 0.5) is 28.4 Å². The molecule has 12 nitrogen and oxygen atoms in total. The Morgan fingerprint density at radius 1 is 0.710 bits per heavy atom. The fourth-order valence-electron chi connectivity index (χ4n) is 7.00. The SMILES string of the molecule is [C-]#[N+]c1ccc(C(C)=O)cc1.[C-]#[N+]c1ccc([C@@H](C)N2CCN(c3ccc(C#N)cc3Cl)[C@H](c3ccc(Cl)cc3)C2)cc1.[C-]#[N+]c1ccc([C@H](C)O)cc1.[C-]#[N+]c1ccc([C@H](C)OS(C)(=O)=O)cc1. The van der Waals surface area contributed by atoms with Gasteiger partial charge in [0.2, 0.25) is 0 Å². The summed E-state index contributed by atoms with van der Waals surface area (Å²) in [5.74, 6) is 0.0292. The average molecular weight is 979 g/mol. The van der Waals surface area contributed by atoms with E-state index in [-0.39, 0.29) is 17.9 Å². The minimum Gasteiger partial charge on any atom is -0.389 e. The number of halogens is 2. The maximum absolute atomic E-state index is 10.9. The second kappa shape index (κ2) is 26.3. The van der Waals surface area contributed by atoms with Crippen molar-refractivity contribution in [1.82, 2.24) is 4.90 Å². The molecule has 1 aliphatic heterocycles. The van der Waals surface area contributed by atoms with Crippen LogP contribution in [0.5, 0.6) is 0 Å². The Kier molecular flexibility index (Phi) is 20.7. The van der Waals surface area contributed by atoms with Crippen molar-refractivity contribution in [1.29, 1.82) is 5.26 Å². The Hall–Kier alpha value is -7.35. The van der Waals surface area contributed by atoms with Crippen molar-refractivity contribution in [3.63, 3.8) is 0 Å². The number of aliphatic hydroxyl groups excluding tert-OH is 1. The van der Waals surface area contributed by atoms with Gasteiger partial charge in [0.15, 0.2) is 28.5 Å². The number of Topliss-reactive ketones (excluding diaryl/α,β-unsaturated/α-hetero) is 1. The van der Waals surface area contributed by atoms with Crippen LogP contribution in [0, 0.1) is 37.6 Å². The normalized spacial score (nSPS) is 14.2. The molecule has 1 fully saturated rings. The van der Waals surface area contributed by atoms with E-state index in [2.05, 4.69) is 54.3 Å². The predicted octanol–water partition coefficient (Wildman–Crippen LogP) is 14.0. The molecule has 15 heteroatoms. The van der Waals surface area contributed by atoms with E-state index in [1.54, 1.807) is 92.7 Å². The number of nitrogens with zero attached hydrogens (tertiary/aromatic N) is 7. The number of anilines is 1. The molecule has 0 spiro atoms. The number of nitriles is 1. The molecule has 1 heterocycles. The summed E-state index contributed by atoms with van der Waals surface area (Å²) in [7, 11) is -3.45. The van der Waals surface area contributed by atoms with Crippen molar-refractivity contribution in [2.45, 2.75) is 52.0 Å². The summed E-state index contributed by atoms with van der Waals surface area (Å²) in [6, 6.07) is 43.9. The van der Waals surface area contributed by atoms with E-state index in [1.165, 1.54) is 12.5 Å². The number of carbonyl (C=O) groups is 1. The molecule has 0 aromatic heterocycles. The minimum absolute atomic E-state index is 0.0292. The second-order valence-electron chi connectivity index (χ2n) is 15.7. The van der Waals surface area contributed by atoms with E-state index in [1.807, 2.05) is 48.5 Å². The maximum atomic E-state index is 10.9. The van der Waals surface area contributed by atoms with Gasteiger partial charge in [-0.05, 0) is 80.3 Å². The summed E-state index contributed by atoms with van der Waals surface area (Å²) < 4.78 is 26.5. The Labute approximate surface area is 415 Å². The Morgan fingerprint density at radius 3 is 1.59 bits per heavy atom. The van der Waals surface area contributed by atoms with Gasteiger partial charge in [-0.2, -0.15) is 13.7 Å². The minimum atomic E-state index is -3.45. The zero-order chi connectivity index (χ0) is 50.7. The zero-order valence-electron chi connectivity index (χ0n) is 38.6. The summed E-state index contributed by atoms with van der Waals surface area (Å²) in [5.41, 5.74) is 8.40. The largest absolute Gasteiger partial charge is 0.389 e. The Morgan fingerprint density at radius 2 is 1.17 bits per heavy atom. The monoisotopic (exact) mass is 977 g/mol. The molecule has 0 aliphatic carbocycles. The number of piperazine rings is 1. The molecule has 6 aromatic carbocycles. The van der Waals surface area contributed by atoms with Gasteiger partial charge in [0.1, 0.15) is 0 Å². The third kappa shape index (κ3) is 16.7. The highest BCUT2D eigenvalue weighted by atomic mass is 35.5. The number of ketones is 1. The lowest BCUT2D eigenvalue weighted by molar-refractivity contribution is 0.101. The van der Waals surface area contributed by atoms with Crippen molar-refractivity contribution in [2.24, 2.45) is 0 Å². The highest BCUT2D eigenvalue weighted by molar-refractivity contribution is 7.86. The van der Waals surface area contributed by atoms with Crippen molar-refractivity contribution in [2.75, 3.05) is 30.8 Å². The highest BCUT2D eigenvalue weighted by Crippen LogP contribution is 2.38.